The fourth-order valence-corrected chi connectivity index (χ4v) is 6.56. The Kier molecular flexibility index (Phi) is 14.4. The quantitative estimate of drug-likeness (QED) is 0.392. The standard InChI is InChI=1S/C22H27NO2.C15H21NO2.ClH/c1-3-25-22(24)20-11-7-10-19(14-20)21-12-13-23(15-17(21)2)16-18-8-5-4-6-9-18;1-3-18-15(17)13-6-4-5-12(9-13)14-7-8-16-10-11(14)2;/h4-11,14,17,21H,3,12-13,15-16H2,1-2H3;4-6,9,11,14,16H,3,7-8,10H2,1-2H3;1H/t17-,21-;11-,14-;/m11./s1. The third-order valence-corrected chi connectivity index (χ3v) is 8.80. The molecular formula is C37H49ClN2O4. The molecule has 2 fully saturated rings. The van der Waals surface area contributed by atoms with E-state index in [0.717, 1.165) is 26.1 Å². The number of quaternary nitrogens is 1. The first-order valence-corrected chi connectivity index (χ1v) is 16.0. The highest BCUT2D eigenvalue weighted by Gasteiger charge is 2.28. The summed E-state index contributed by atoms with van der Waals surface area (Å²) in [5.41, 5.74) is 5.25. The molecule has 6 nitrogen and oxygen atoms in total. The van der Waals surface area contributed by atoms with Crippen molar-refractivity contribution in [2.45, 2.75) is 58.9 Å². The maximum Gasteiger partial charge on any atom is 0.338 e. The summed E-state index contributed by atoms with van der Waals surface area (Å²) in [7, 11) is 0. The van der Waals surface area contributed by atoms with Crippen molar-refractivity contribution in [3.63, 3.8) is 0 Å². The smallest absolute Gasteiger partial charge is 0.338 e. The Labute approximate surface area is 269 Å². The lowest BCUT2D eigenvalue weighted by Gasteiger charge is -2.37. The van der Waals surface area contributed by atoms with Crippen molar-refractivity contribution in [3.8, 4) is 0 Å². The van der Waals surface area contributed by atoms with Gasteiger partial charge in [0, 0.05) is 25.4 Å². The van der Waals surface area contributed by atoms with E-state index >= 15 is 0 Å². The second-order valence-corrected chi connectivity index (χ2v) is 12.0. The van der Waals surface area contributed by atoms with E-state index in [-0.39, 0.29) is 24.3 Å². The van der Waals surface area contributed by atoms with Gasteiger partial charge in [0.15, 0.2) is 0 Å². The average molecular weight is 621 g/mol. The summed E-state index contributed by atoms with van der Waals surface area (Å²) in [5.74, 6) is 1.87. The first-order chi connectivity index (χ1) is 20.9. The van der Waals surface area contributed by atoms with E-state index in [2.05, 4.69) is 66.5 Å². The van der Waals surface area contributed by atoms with Crippen molar-refractivity contribution in [1.82, 2.24) is 4.90 Å². The molecule has 0 aliphatic carbocycles. The van der Waals surface area contributed by atoms with Crippen LogP contribution < -0.4 is 17.7 Å². The number of hydrogen-bond acceptors (Lipinski definition) is 5. The molecule has 0 radical (unpaired) electrons. The van der Waals surface area contributed by atoms with Gasteiger partial charge in [0.05, 0.1) is 37.4 Å². The van der Waals surface area contributed by atoms with E-state index in [9.17, 15) is 9.59 Å². The topological polar surface area (TPSA) is 72.4 Å². The fraction of sp³-hybridized carbons (Fsp3) is 0.459. The SMILES string of the molecule is CCOC(=O)c1cccc([C@@H]2CCN(Cc3ccccc3)C[C@H]2C)c1.CCOC(=O)c1cccc([C@@H]2CC[NH2+]C[C@H]2C)c1.[Cl-]. The van der Waals surface area contributed by atoms with E-state index < -0.39 is 0 Å². The van der Waals surface area contributed by atoms with Gasteiger partial charge in [-0.15, -0.1) is 0 Å². The van der Waals surface area contributed by atoms with Crippen molar-refractivity contribution in [1.29, 1.82) is 0 Å². The Hall–Kier alpha value is -3.19. The lowest BCUT2D eigenvalue weighted by atomic mass is 9.81. The molecule has 3 aromatic carbocycles. The molecule has 4 atom stereocenters. The van der Waals surface area contributed by atoms with Crippen molar-refractivity contribution in [3.05, 3.63) is 107 Å². The van der Waals surface area contributed by atoms with Crippen molar-refractivity contribution in [2.75, 3.05) is 39.4 Å². The maximum atomic E-state index is 12.0. The highest BCUT2D eigenvalue weighted by molar-refractivity contribution is 5.90. The summed E-state index contributed by atoms with van der Waals surface area (Å²) >= 11 is 0. The van der Waals surface area contributed by atoms with Crippen LogP contribution in [0.4, 0.5) is 0 Å². The number of esters is 2. The minimum Gasteiger partial charge on any atom is -1.00 e. The molecule has 0 saturated carbocycles. The molecule has 2 saturated heterocycles. The van der Waals surface area contributed by atoms with Crippen LogP contribution in [0.15, 0.2) is 78.9 Å². The Morgan fingerprint density at radius 1 is 0.773 bits per heavy atom. The number of benzene rings is 3. The molecule has 3 aromatic rings. The number of nitrogens with two attached hydrogens (primary N) is 1. The highest BCUT2D eigenvalue weighted by Crippen LogP contribution is 2.34. The second-order valence-electron chi connectivity index (χ2n) is 12.0. The minimum absolute atomic E-state index is 0. The van der Waals surface area contributed by atoms with Gasteiger partial charge in [-0.05, 0) is 85.5 Å². The Balaban J connectivity index is 0.000000247. The molecule has 7 heteroatoms. The van der Waals surface area contributed by atoms with Gasteiger partial charge in [0.25, 0.3) is 0 Å². The van der Waals surface area contributed by atoms with Gasteiger partial charge in [-0.25, -0.2) is 9.59 Å². The van der Waals surface area contributed by atoms with E-state index in [4.69, 9.17) is 9.47 Å². The third kappa shape index (κ3) is 9.91. The van der Waals surface area contributed by atoms with Crippen LogP contribution in [-0.4, -0.2) is 56.2 Å². The summed E-state index contributed by atoms with van der Waals surface area (Å²) < 4.78 is 10.2. The number of likely N-dealkylation sites (tertiary alicyclic amines) is 1. The van der Waals surface area contributed by atoms with Gasteiger partial charge in [-0.1, -0.05) is 68.4 Å². The third-order valence-electron chi connectivity index (χ3n) is 8.80. The van der Waals surface area contributed by atoms with Crippen LogP contribution in [0.2, 0.25) is 0 Å². The van der Waals surface area contributed by atoms with Crippen molar-refractivity contribution in [2.24, 2.45) is 11.8 Å². The zero-order valence-corrected chi connectivity index (χ0v) is 27.5. The first-order valence-electron chi connectivity index (χ1n) is 16.0. The minimum atomic E-state index is -0.224. The Morgan fingerprint density at radius 3 is 1.86 bits per heavy atom. The number of carbonyl (C=O) groups is 2. The number of rotatable bonds is 8. The van der Waals surface area contributed by atoms with Gasteiger partial charge in [0.2, 0.25) is 0 Å². The largest absolute Gasteiger partial charge is 1.00 e. The summed E-state index contributed by atoms with van der Waals surface area (Å²) in [5, 5.41) is 2.37. The van der Waals surface area contributed by atoms with E-state index in [1.807, 2.05) is 50.2 Å². The summed E-state index contributed by atoms with van der Waals surface area (Å²) in [4.78, 5) is 26.3. The number of ether oxygens (including phenoxy) is 2. The van der Waals surface area contributed by atoms with Gasteiger partial charge in [-0.3, -0.25) is 4.90 Å². The number of halogens is 1. The van der Waals surface area contributed by atoms with Crippen LogP contribution >= 0.6 is 0 Å². The molecule has 2 heterocycles. The number of piperidine rings is 2. The van der Waals surface area contributed by atoms with Crippen LogP contribution in [0.5, 0.6) is 0 Å². The number of carbonyl (C=O) groups excluding carboxylic acids is 2. The predicted molar refractivity (Wildman–Crippen MR) is 171 cm³/mol. The molecule has 5 rings (SSSR count). The van der Waals surface area contributed by atoms with Crippen LogP contribution in [-0.2, 0) is 16.0 Å². The Bertz CT molecular complexity index is 1320. The molecule has 0 bridgehead atoms. The predicted octanol–water partition coefficient (Wildman–Crippen LogP) is 3.04. The molecule has 0 amide bonds. The zero-order valence-electron chi connectivity index (χ0n) is 26.7. The molecule has 0 spiro atoms. The number of hydrogen-bond donors (Lipinski definition) is 1. The molecule has 238 valence electrons. The van der Waals surface area contributed by atoms with Crippen LogP contribution in [0.25, 0.3) is 0 Å². The van der Waals surface area contributed by atoms with Crippen LogP contribution in [0.3, 0.4) is 0 Å². The molecular weight excluding hydrogens is 572 g/mol. The second kappa shape index (κ2) is 17.9. The number of nitrogens with zero attached hydrogens (tertiary/aromatic N) is 1. The molecule has 0 unspecified atom stereocenters. The van der Waals surface area contributed by atoms with Gasteiger partial charge >= 0.3 is 11.9 Å². The first kappa shape index (κ1) is 35.3. The normalized spacial score (nSPS) is 21.6. The van der Waals surface area contributed by atoms with Gasteiger partial charge in [0.1, 0.15) is 0 Å². The average Bonchev–Trinajstić information content (AvgIpc) is 3.02. The van der Waals surface area contributed by atoms with Crippen molar-refractivity contribution < 1.29 is 36.8 Å². The summed E-state index contributed by atoms with van der Waals surface area (Å²) in [6.45, 7) is 14.7. The zero-order chi connectivity index (χ0) is 30.6. The van der Waals surface area contributed by atoms with Crippen molar-refractivity contribution >= 4 is 11.9 Å². The summed E-state index contributed by atoms with van der Waals surface area (Å²) in [6.07, 6.45) is 2.31. The molecule has 2 aliphatic rings. The maximum absolute atomic E-state index is 12.0. The molecule has 0 aromatic heterocycles. The van der Waals surface area contributed by atoms with Gasteiger partial charge in [-0.2, -0.15) is 0 Å². The highest BCUT2D eigenvalue weighted by atomic mass is 35.5. The Morgan fingerprint density at radius 2 is 1.34 bits per heavy atom. The van der Waals surface area contributed by atoms with E-state index in [1.54, 1.807) is 0 Å². The van der Waals surface area contributed by atoms with Gasteiger partial charge < -0.3 is 27.2 Å². The lowest BCUT2D eigenvalue weighted by Crippen LogP contribution is -3.00. The molecule has 2 aliphatic heterocycles. The summed E-state index contributed by atoms with van der Waals surface area (Å²) in [6, 6.07) is 26.6. The fourth-order valence-electron chi connectivity index (χ4n) is 6.56. The monoisotopic (exact) mass is 620 g/mol. The molecule has 44 heavy (non-hydrogen) atoms. The van der Waals surface area contributed by atoms with E-state index in [0.29, 0.717) is 48.0 Å². The van der Waals surface area contributed by atoms with E-state index in [1.165, 1.54) is 36.2 Å². The lowest BCUT2D eigenvalue weighted by molar-refractivity contribution is -0.669. The van der Waals surface area contributed by atoms with Crippen LogP contribution in [0.1, 0.15) is 89.8 Å². The molecule has 2 N–H and O–H groups in total. The van der Waals surface area contributed by atoms with Crippen LogP contribution in [0, 0.1) is 11.8 Å².